The first kappa shape index (κ1) is 12.5. The smallest absolute Gasteiger partial charge is 0.250 e. The third kappa shape index (κ3) is 1.51. The predicted octanol–water partition coefficient (Wildman–Crippen LogP) is 2.11. The van der Waals surface area contributed by atoms with Gasteiger partial charge in [0.25, 0.3) is 5.91 Å². The molecular formula is C16H14N2O2. The van der Waals surface area contributed by atoms with Crippen molar-refractivity contribution >= 4 is 11.7 Å². The summed E-state index contributed by atoms with van der Waals surface area (Å²) in [5.41, 5.74) is 0.454. The molecule has 100 valence electrons. The number of fused-ring (bicyclic) bond motifs is 1. The molecule has 0 spiro atoms. The third-order valence-corrected chi connectivity index (χ3v) is 3.86. The van der Waals surface area contributed by atoms with Gasteiger partial charge in [0.05, 0.1) is 11.4 Å². The highest BCUT2D eigenvalue weighted by atomic mass is 16.2. The largest absolute Gasteiger partial charge is 0.293 e. The summed E-state index contributed by atoms with van der Waals surface area (Å²) < 4.78 is 0. The molecule has 20 heavy (non-hydrogen) atoms. The van der Waals surface area contributed by atoms with Gasteiger partial charge in [0.1, 0.15) is 0 Å². The first-order chi connectivity index (χ1) is 9.56. The Morgan fingerprint density at radius 1 is 1.20 bits per heavy atom. The van der Waals surface area contributed by atoms with Crippen LogP contribution in [0.5, 0.6) is 0 Å². The maximum absolute atomic E-state index is 12.8. The van der Waals surface area contributed by atoms with Crippen molar-refractivity contribution in [3.63, 3.8) is 0 Å². The minimum Gasteiger partial charge on any atom is -0.293 e. The summed E-state index contributed by atoms with van der Waals surface area (Å²) in [4.78, 5) is 31.2. The van der Waals surface area contributed by atoms with Gasteiger partial charge < -0.3 is 0 Å². The fourth-order valence-corrected chi connectivity index (χ4v) is 2.64. The van der Waals surface area contributed by atoms with Crippen molar-refractivity contribution in [2.24, 2.45) is 0 Å². The second-order valence-corrected chi connectivity index (χ2v) is 5.06. The topological polar surface area (TPSA) is 50.3 Å². The first-order valence-corrected chi connectivity index (χ1v) is 6.42. The molecule has 0 fully saturated rings. The Bertz CT molecular complexity index is 686. The molecule has 1 aromatic heterocycles. The van der Waals surface area contributed by atoms with E-state index in [1.807, 2.05) is 6.08 Å². The van der Waals surface area contributed by atoms with Gasteiger partial charge in [-0.3, -0.25) is 19.5 Å². The van der Waals surface area contributed by atoms with Crippen LogP contribution >= 0.6 is 0 Å². The summed E-state index contributed by atoms with van der Waals surface area (Å²) in [7, 11) is 0. The van der Waals surface area contributed by atoms with E-state index in [-0.39, 0.29) is 11.7 Å². The normalized spacial score (nSPS) is 25.2. The van der Waals surface area contributed by atoms with E-state index in [1.165, 1.54) is 4.90 Å². The number of carbonyl (C=O) groups is 2. The molecule has 4 nitrogen and oxygen atoms in total. The number of aromatic nitrogens is 1. The number of Topliss-reactive ketones (excluding diaryl/α,β-unsaturated/α-hetero) is 1. The lowest BCUT2D eigenvalue weighted by Crippen LogP contribution is -2.53. The molecule has 4 heteroatoms. The van der Waals surface area contributed by atoms with Crippen molar-refractivity contribution in [2.75, 3.05) is 0 Å². The van der Waals surface area contributed by atoms with E-state index in [1.54, 1.807) is 56.6 Å². The molecule has 0 aromatic carbocycles. The van der Waals surface area contributed by atoms with E-state index in [2.05, 4.69) is 4.98 Å². The van der Waals surface area contributed by atoms with Crippen LogP contribution in [0.25, 0.3) is 0 Å². The minimum atomic E-state index is -1.26. The summed E-state index contributed by atoms with van der Waals surface area (Å²) >= 11 is 0. The molecule has 3 rings (SSSR count). The minimum absolute atomic E-state index is 0.188. The SMILES string of the molecule is CC1=C2C=CC=CN2C(=O)C(C)(c2ccccn2)C1=O. The van der Waals surface area contributed by atoms with Crippen molar-refractivity contribution in [1.82, 2.24) is 9.88 Å². The molecule has 1 unspecified atom stereocenters. The Kier molecular flexibility index (Phi) is 2.67. The molecule has 1 atom stereocenters. The van der Waals surface area contributed by atoms with Crippen molar-refractivity contribution in [1.29, 1.82) is 0 Å². The lowest BCUT2D eigenvalue weighted by Gasteiger charge is -2.38. The van der Waals surface area contributed by atoms with E-state index in [0.29, 0.717) is 17.0 Å². The maximum Gasteiger partial charge on any atom is 0.250 e. The van der Waals surface area contributed by atoms with Crippen LogP contribution in [0.3, 0.4) is 0 Å². The molecule has 0 saturated carbocycles. The molecule has 0 bridgehead atoms. The van der Waals surface area contributed by atoms with E-state index in [9.17, 15) is 9.59 Å². The summed E-state index contributed by atoms with van der Waals surface area (Å²) in [5.74, 6) is -0.449. The van der Waals surface area contributed by atoms with Gasteiger partial charge in [-0.2, -0.15) is 0 Å². The van der Waals surface area contributed by atoms with Gasteiger partial charge in [-0.25, -0.2) is 0 Å². The molecule has 0 N–H and O–H groups in total. The van der Waals surface area contributed by atoms with Crippen LogP contribution < -0.4 is 0 Å². The van der Waals surface area contributed by atoms with E-state index in [0.717, 1.165) is 0 Å². The molecule has 0 aliphatic carbocycles. The second-order valence-electron chi connectivity index (χ2n) is 5.06. The Morgan fingerprint density at radius 3 is 2.70 bits per heavy atom. The quantitative estimate of drug-likeness (QED) is 0.731. The van der Waals surface area contributed by atoms with Gasteiger partial charge in [-0.15, -0.1) is 0 Å². The molecule has 1 amide bonds. The monoisotopic (exact) mass is 266 g/mol. The molecule has 2 aliphatic heterocycles. The summed E-state index contributed by atoms with van der Waals surface area (Å²) in [5, 5.41) is 0. The van der Waals surface area contributed by atoms with Gasteiger partial charge in [-0.05, 0) is 38.1 Å². The van der Waals surface area contributed by atoms with Crippen molar-refractivity contribution in [3.8, 4) is 0 Å². The Labute approximate surface area is 117 Å². The maximum atomic E-state index is 12.8. The number of amides is 1. The average molecular weight is 266 g/mol. The lowest BCUT2D eigenvalue weighted by molar-refractivity contribution is -0.140. The highest BCUT2D eigenvalue weighted by Crippen LogP contribution is 2.37. The van der Waals surface area contributed by atoms with Gasteiger partial charge >= 0.3 is 0 Å². The van der Waals surface area contributed by atoms with Crippen LogP contribution in [-0.2, 0) is 15.0 Å². The first-order valence-electron chi connectivity index (χ1n) is 6.42. The molecule has 3 heterocycles. The zero-order valence-corrected chi connectivity index (χ0v) is 11.3. The third-order valence-electron chi connectivity index (χ3n) is 3.86. The Balaban J connectivity index is 2.22. The summed E-state index contributed by atoms with van der Waals surface area (Å²) in [6.45, 7) is 3.40. The molecule has 0 radical (unpaired) electrons. The van der Waals surface area contributed by atoms with Crippen molar-refractivity contribution in [2.45, 2.75) is 19.3 Å². The lowest BCUT2D eigenvalue weighted by atomic mass is 9.74. The number of pyridine rings is 1. The zero-order chi connectivity index (χ0) is 14.3. The fourth-order valence-electron chi connectivity index (χ4n) is 2.64. The highest BCUT2D eigenvalue weighted by Gasteiger charge is 2.50. The van der Waals surface area contributed by atoms with E-state index < -0.39 is 5.41 Å². The van der Waals surface area contributed by atoms with Crippen LogP contribution in [0.15, 0.2) is 60.1 Å². The van der Waals surface area contributed by atoms with Gasteiger partial charge in [0.15, 0.2) is 11.2 Å². The van der Waals surface area contributed by atoms with Crippen LogP contribution in [0.1, 0.15) is 19.5 Å². The second kappa shape index (κ2) is 4.27. The van der Waals surface area contributed by atoms with Gasteiger partial charge in [0, 0.05) is 18.0 Å². The molecule has 0 saturated heterocycles. The van der Waals surface area contributed by atoms with Crippen molar-refractivity contribution < 1.29 is 9.59 Å². The average Bonchev–Trinajstić information content (AvgIpc) is 2.51. The fraction of sp³-hybridized carbons (Fsp3) is 0.188. The predicted molar refractivity (Wildman–Crippen MR) is 74.4 cm³/mol. The number of hydrogen-bond donors (Lipinski definition) is 0. The summed E-state index contributed by atoms with van der Waals surface area (Å²) in [6.07, 6.45) is 8.67. The van der Waals surface area contributed by atoms with Gasteiger partial charge in [-0.1, -0.05) is 12.1 Å². The number of allylic oxidation sites excluding steroid dienone is 4. The van der Waals surface area contributed by atoms with E-state index in [4.69, 9.17) is 0 Å². The van der Waals surface area contributed by atoms with Gasteiger partial charge in [0.2, 0.25) is 0 Å². The summed E-state index contributed by atoms with van der Waals surface area (Å²) in [6, 6.07) is 5.27. The number of ketones is 1. The Hall–Kier alpha value is -2.49. The Morgan fingerprint density at radius 2 is 2.00 bits per heavy atom. The zero-order valence-electron chi connectivity index (χ0n) is 11.3. The molecule has 2 aliphatic rings. The highest BCUT2D eigenvalue weighted by molar-refractivity contribution is 6.21. The number of hydrogen-bond acceptors (Lipinski definition) is 3. The molecule has 1 aromatic rings. The molecular weight excluding hydrogens is 252 g/mol. The van der Waals surface area contributed by atoms with Crippen LogP contribution in [0.4, 0.5) is 0 Å². The standard InChI is InChI=1S/C16H14N2O2/c1-11-12-7-4-6-10-18(12)15(20)16(2,14(11)19)13-8-3-5-9-17-13/h3-10H,1-2H3. The number of nitrogens with zero attached hydrogens (tertiary/aromatic N) is 2. The number of rotatable bonds is 1. The number of carbonyl (C=O) groups excluding carboxylic acids is 2. The van der Waals surface area contributed by atoms with Crippen LogP contribution in [0, 0.1) is 0 Å². The van der Waals surface area contributed by atoms with Crippen LogP contribution in [0.2, 0.25) is 0 Å². The van der Waals surface area contributed by atoms with Crippen molar-refractivity contribution in [3.05, 3.63) is 65.8 Å². The van der Waals surface area contributed by atoms with E-state index >= 15 is 0 Å². The van der Waals surface area contributed by atoms with Crippen LogP contribution in [-0.4, -0.2) is 21.6 Å².